The predicted molar refractivity (Wildman–Crippen MR) is 113 cm³/mol. The summed E-state index contributed by atoms with van der Waals surface area (Å²) < 4.78 is 0. The van der Waals surface area contributed by atoms with Crippen LogP contribution in [0.25, 0.3) is 0 Å². The Morgan fingerprint density at radius 1 is 1.10 bits per heavy atom. The lowest BCUT2D eigenvalue weighted by Gasteiger charge is -2.19. The van der Waals surface area contributed by atoms with E-state index in [0.717, 1.165) is 17.7 Å². The second kappa shape index (κ2) is 7.71. The van der Waals surface area contributed by atoms with E-state index >= 15 is 0 Å². The van der Waals surface area contributed by atoms with Gasteiger partial charge in [0.1, 0.15) is 5.82 Å². The lowest BCUT2D eigenvalue weighted by molar-refractivity contribution is 0.0987. The van der Waals surface area contributed by atoms with Gasteiger partial charge in [0, 0.05) is 50.6 Å². The average Bonchev–Trinajstić information content (AvgIpc) is 3.17. The number of pyridine rings is 2. The summed E-state index contributed by atoms with van der Waals surface area (Å²) in [4.78, 5) is 37.5. The molecular formula is C22H21N5O2. The molecule has 29 heavy (non-hydrogen) atoms. The lowest BCUT2D eigenvalue weighted by atomic mass is 10.1. The highest BCUT2D eigenvalue weighted by molar-refractivity contribution is 6.09. The van der Waals surface area contributed by atoms with Gasteiger partial charge >= 0.3 is 0 Å². The van der Waals surface area contributed by atoms with Crippen LogP contribution in [0.5, 0.6) is 0 Å². The van der Waals surface area contributed by atoms with Crippen LogP contribution in [0.1, 0.15) is 26.3 Å². The summed E-state index contributed by atoms with van der Waals surface area (Å²) in [5.74, 6) is 0.256. The Labute approximate surface area is 169 Å². The zero-order chi connectivity index (χ0) is 20.4. The fourth-order valence-corrected chi connectivity index (χ4v) is 3.44. The molecule has 3 heterocycles. The molecule has 4 rings (SSSR count). The van der Waals surface area contributed by atoms with Crippen molar-refractivity contribution in [1.82, 2.24) is 9.97 Å². The Hall–Kier alpha value is -3.74. The van der Waals surface area contributed by atoms with Crippen molar-refractivity contribution >= 4 is 29.0 Å². The Morgan fingerprint density at radius 3 is 2.69 bits per heavy atom. The van der Waals surface area contributed by atoms with E-state index in [-0.39, 0.29) is 11.8 Å². The minimum Gasteiger partial charge on any atom is -0.362 e. The van der Waals surface area contributed by atoms with Gasteiger partial charge in [-0.25, -0.2) is 4.98 Å². The molecule has 0 atom stereocenters. The van der Waals surface area contributed by atoms with E-state index in [1.807, 2.05) is 32.3 Å². The number of nitrogens with one attached hydrogen (secondary N) is 1. The van der Waals surface area contributed by atoms with Crippen LogP contribution in [0.2, 0.25) is 0 Å². The number of anilines is 3. The predicted octanol–water partition coefficient (Wildman–Crippen LogP) is 3.00. The number of aromatic nitrogens is 2. The fourth-order valence-electron chi connectivity index (χ4n) is 3.44. The molecule has 1 aliphatic rings. The largest absolute Gasteiger partial charge is 0.362 e. The highest BCUT2D eigenvalue weighted by atomic mass is 16.2. The van der Waals surface area contributed by atoms with E-state index < -0.39 is 0 Å². The van der Waals surface area contributed by atoms with E-state index in [1.165, 1.54) is 0 Å². The number of benzene rings is 1. The number of hydrogen-bond donors (Lipinski definition) is 1. The minimum absolute atomic E-state index is 0.0949. The summed E-state index contributed by atoms with van der Waals surface area (Å²) in [5.41, 5.74) is 3.56. The SMILES string of the molecule is CN(C)c1ncccc1C(=O)Nc1ccc2c(c1)N(C(=O)c1cccnc1)CC2. The first kappa shape index (κ1) is 18.6. The lowest BCUT2D eigenvalue weighted by Crippen LogP contribution is -2.29. The monoisotopic (exact) mass is 387 g/mol. The first-order valence-corrected chi connectivity index (χ1v) is 9.33. The summed E-state index contributed by atoms with van der Waals surface area (Å²) in [5, 5.41) is 2.93. The third kappa shape index (κ3) is 3.67. The molecule has 0 fully saturated rings. The molecule has 2 amide bonds. The quantitative estimate of drug-likeness (QED) is 0.745. The van der Waals surface area contributed by atoms with Crippen molar-refractivity contribution in [2.24, 2.45) is 0 Å². The Kier molecular flexibility index (Phi) is 4.95. The van der Waals surface area contributed by atoms with Gasteiger partial charge in [-0.1, -0.05) is 6.07 Å². The summed E-state index contributed by atoms with van der Waals surface area (Å²) in [6.07, 6.45) is 5.65. The van der Waals surface area contributed by atoms with Gasteiger partial charge in [-0.05, 0) is 48.4 Å². The molecule has 1 aliphatic heterocycles. The molecule has 146 valence electrons. The molecule has 1 aromatic carbocycles. The fraction of sp³-hybridized carbons (Fsp3) is 0.182. The molecule has 0 spiro atoms. The summed E-state index contributed by atoms with van der Waals surface area (Å²) >= 11 is 0. The number of carbonyl (C=O) groups excluding carboxylic acids is 2. The molecule has 0 bridgehead atoms. The van der Waals surface area contributed by atoms with Crippen LogP contribution in [0.15, 0.2) is 61.1 Å². The van der Waals surface area contributed by atoms with Crippen LogP contribution in [0, 0.1) is 0 Å². The van der Waals surface area contributed by atoms with Crippen LogP contribution in [0.3, 0.4) is 0 Å². The molecule has 1 N–H and O–H groups in total. The first-order chi connectivity index (χ1) is 14.0. The number of fused-ring (bicyclic) bond motifs is 1. The second-order valence-corrected chi connectivity index (χ2v) is 7.02. The van der Waals surface area contributed by atoms with Gasteiger partial charge in [0.2, 0.25) is 0 Å². The van der Waals surface area contributed by atoms with Crippen LogP contribution < -0.4 is 15.1 Å². The molecule has 0 saturated heterocycles. The molecular weight excluding hydrogens is 366 g/mol. The van der Waals surface area contributed by atoms with E-state index in [4.69, 9.17) is 0 Å². The zero-order valence-corrected chi connectivity index (χ0v) is 16.3. The van der Waals surface area contributed by atoms with Gasteiger partial charge < -0.3 is 15.1 Å². The Morgan fingerprint density at radius 2 is 1.93 bits per heavy atom. The van der Waals surface area contributed by atoms with E-state index in [9.17, 15) is 9.59 Å². The van der Waals surface area contributed by atoms with Crippen molar-refractivity contribution < 1.29 is 9.59 Å². The van der Waals surface area contributed by atoms with Crippen molar-refractivity contribution in [2.75, 3.05) is 35.8 Å². The minimum atomic E-state index is -0.245. The van der Waals surface area contributed by atoms with E-state index in [2.05, 4.69) is 15.3 Å². The van der Waals surface area contributed by atoms with Crippen molar-refractivity contribution in [1.29, 1.82) is 0 Å². The molecule has 0 unspecified atom stereocenters. The summed E-state index contributed by atoms with van der Waals surface area (Å²) in [6, 6.07) is 12.6. The smallest absolute Gasteiger partial charge is 0.259 e. The van der Waals surface area contributed by atoms with Crippen LogP contribution >= 0.6 is 0 Å². The van der Waals surface area contributed by atoms with Crippen LogP contribution in [0.4, 0.5) is 17.2 Å². The normalized spacial score (nSPS) is 12.4. The third-order valence-electron chi connectivity index (χ3n) is 4.85. The molecule has 7 nitrogen and oxygen atoms in total. The average molecular weight is 387 g/mol. The maximum Gasteiger partial charge on any atom is 0.259 e. The zero-order valence-electron chi connectivity index (χ0n) is 16.3. The number of nitrogens with zero attached hydrogens (tertiary/aromatic N) is 4. The standard InChI is InChI=1S/C22H21N5O2/c1-26(2)20-18(6-4-11-24-20)21(28)25-17-8-7-15-9-12-27(19(15)13-17)22(29)16-5-3-10-23-14-16/h3-8,10-11,13-14H,9,12H2,1-2H3,(H,25,28). The van der Waals surface area contributed by atoms with E-state index in [0.29, 0.717) is 29.2 Å². The summed E-state index contributed by atoms with van der Waals surface area (Å²) in [7, 11) is 3.69. The molecule has 0 radical (unpaired) electrons. The summed E-state index contributed by atoms with van der Waals surface area (Å²) in [6.45, 7) is 0.605. The third-order valence-corrected chi connectivity index (χ3v) is 4.85. The van der Waals surface area contributed by atoms with Gasteiger partial charge in [-0.2, -0.15) is 0 Å². The topological polar surface area (TPSA) is 78.4 Å². The maximum atomic E-state index is 12.9. The van der Waals surface area contributed by atoms with Crippen molar-refractivity contribution in [2.45, 2.75) is 6.42 Å². The van der Waals surface area contributed by atoms with Crippen molar-refractivity contribution in [3.8, 4) is 0 Å². The van der Waals surface area contributed by atoms with E-state index in [1.54, 1.807) is 52.7 Å². The van der Waals surface area contributed by atoms with Crippen LogP contribution in [-0.4, -0.2) is 42.4 Å². The first-order valence-electron chi connectivity index (χ1n) is 9.33. The number of rotatable bonds is 4. The highest BCUT2D eigenvalue weighted by Crippen LogP contribution is 2.32. The number of hydrogen-bond acceptors (Lipinski definition) is 5. The number of carbonyl (C=O) groups is 2. The van der Waals surface area contributed by atoms with Crippen molar-refractivity contribution in [3.05, 3.63) is 77.7 Å². The second-order valence-electron chi connectivity index (χ2n) is 7.02. The van der Waals surface area contributed by atoms with Gasteiger partial charge in [0.25, 0.3) is 11.8 Å². The molecule has 0 aliphatic carbocycles. The Balaban J connectivity index is 1.59. The van der Waals surface area contributed by atoms with Gasteiger partial charge in [0.15, 0.2) is 0 Å². The molecule has 0 saturated carbocycles. The molecule has 3 aromatic rings. The van der Waals surface area contributed by atoms with Crippen molar-refractivity contribution in [3.63, 3.8) is 0 Å². The van der Waals surface area contributed by atoms with Gasteiger partial charge in [-0.15, -0.1) is 0 Å². The molecule has 7 heteroatoms. The van der Waals surface area contributed by atoms with Crippen LogP contribution in [-0.2, 0) is 6.42 Å². The highest BCUT2D eigenvalue weighted by Gasteiger charge is 2.26. The maximum absolute atomic E-state index is 12.9. The van der Waals surface area contributed by atoms with Gasteiger partial charge in [0.05, 0.1) is 11.1 Å². The number of amides is 2. The Bertz CT molecular complexity index is 1070. The molecule has 2 aromatic heterocycles. The van der Waals surface area contributed by atoms with Gasteiger partial charge in [-0.3, -0.25) is 14.6 Å².